The fraction of sp³-hybridized carbons (Fsp3) is 0.385. The van der Waals surface area contributed by atoms with Gasteiger partial charge in [-0.2, -0.15) is 5.26 Å². The van der Waals surface area contributed by atoms with Gasteiger partial charge in [0.2, 0.25) is 5.91 Å². The van der Waals surface area contributed by atoms with Crippen LogP contribution in [-0.4, -0.2) is 39.8 Å². The van der Waals surface area contributed by atoms with Crippen LogP contribution in [-0.2, 0) is 4.79 Å². The topological polar surface area (TPSA) is 93.3 Å². The minimum absolute atomic E-state index is 0.238. The van der Waals surface area contributed by atoms with E-state index in [0.29, 0.717) is 11.3 Å². The number of nitriles is 1. The number of para-hydroxylation sites is 1. The number of thioether (sulfide) groups is 1. The van der Waals surface area contributed by atoms with Crippen molar-refractivity contribution in [2.24, 2.45) is 0 Å². The second kappa shape index (κ2) is 7.79. The molecule has 0 heterocycles. The molecule has 102 valence electrons. The van der Waals surface area contributed by atoms with Crippen molar-refractivity contribution < 1.29 is 15.0 Å². The van der Waals surface area contributed by atoms with Crippen molar-refractivity contribution in [2.75, 3.05) is 17.7 Å². The third-order valence-electron chi connectivity index (χ3n) is 2.42. The van der Waals surface area contributed by atoms with E-state index in [9.17, 15) is 9.90 Å². The SMILES string of the molecule is C[C@H](SC[C@H](O)CO)C(=O)Nc1ccccc1C#N. The maximum atomic E-state index is 11.9. The van der Waals surface area contributed by atoms with Gasteiger partial charge in [0.1, 0.15) is 6.07 Å². The Morgan fingerprint density at radius 2 is 2.21 bits per heavy atom. The standard InChI is InChI=1S/C13H16N2O3S/c1-9(19-8-11(17)7-16)13(18)15-12-5-3-2-4-10(12)6-14/h2-5,9,11,16-17H,7-8H2,1H3,(H,15,18)/t9-,11+/m0/s1. The van der Waals surface area contributed by atoms with Crippen molar-refractivity contribution in [3.8, 4) is 6.07 Å². The molecule has 19 heavy (non-hydrogen) atoms. The number of hydrogen-bond donors (Lipinski definition) is 3. The van der Waals surface area contributed by atoms with Crippen LogP contribution in [0.15, 0.2) is 24.3 Å². The predicted molar refractivity (Wildman–Crippen MR) is 74.8 cm³/mol. The number of nitrogens with zero attached hydrogens (tertiary/aromatic N) is 1. The number of anilines is 1. The molecule has 0 saturated carbocycles. The van der Waals surface area contributed by atoms with E-state index in [2.05, 4.69) is 5.32 Å². The average Bonchev–Trinajstić information content (AvgIpc) is 2.44. The van der Waals surface area contributed by atoms with Gasteiger partial charge in [-0.1, -0.05) is 12.1 Å². The summed E-state index contributed by atoms with van der Waals surface area (Å²) >= 11 is 1.24. The molecule has 0 fully saturated rings. The predicted octanol–water partition coefficient (Wildman–Crippen LogP) is 0.972. The molecule has 6 heteroatoms. The molecule has 3 N–H and O–H groups in total. The highest BCUT2D eigenvalue weighted by Crippen LogP contribution is 2.17. The Morgan fingerprint density at radius 3 is 2.84 bits per heavy atom. The lowest BCUT2D eigenvalue weighted by atomic mass is 10.2. The normalized spacial score (nSPS) is 13.4. The van der Waals surface area contributed by atoms with E-state index in [-0.39, 0.29) is 23.5 Å². The van der Waals surface area contributed by atoms with Crippen LogP contribution in [0.4, 0.5) is 5.69 Å². The fourth-order valence-electron chi connectivity index (χ4n) is 1.31. The zero-order valence-electron chi connectivity index (χ0n) is 10.5. The highest BCUT2D eigenvalue weighted by molar-refractivity contribution is 8.00. The smallest absolute Gasteiger partial charge is 0.237 e. The zero-order chi connectivity index (χ0) is 14.3. The van der Waals surface area contributed by atoms with Crippen LogP contribution in [0, 0.1) is 11.3 Å². The molecule has 5 nitrogen and oxygen atoms in total. The molecular formula is C13H16N2O3S. The summed E-state index contributed by atoms with van der Waals surface area (Å²) in [5.41, 5.74) is 0.883. The highest BCUT2D eigenvalue weighted by atomic mass is 32.2. The summed E-state index contributed by atoms with van der Waals surface area (Å²) < 4.78 is 0. The second-order valence-corrected chi connectivity index (χ2v) is 5.33. The first-order valence-corrected chi connectivity index (χ1v) is 6.84. The molecule has 0 aliphatic carbocycles. The van der Waals surface area contributed by atoms with Crippen LogP contribution in [0.1, 0.15) is 12.5 Å². The Kier molecular flexibility index (Phi) is 6.36. The molecule has 0 aliphatic heterocycles. The average molecular weight is 280 g/mol. The lowest BCUT2D eigenvalue weighted by molar-refractivity contribution is -0.115. The van der Waals surface area contributed by atoms with Crippen LogP contribution >= 0.6 is 11.8 Å². The summed E-state index contributed by atoms with van der Waals surface area (Å²) in [6.07, 6.45) is -0.827. The van der Waals surface area contributed by atoms with E-state index in [1.54, 1.807) is 31.2 Å². The van der Waals surface area contributed by atoms with E-state index in [1.807, 2.05) is 6.07 Å². The van der Waals surface area contributed by atoms with E-state index in [0.717, 1.165) is 0 Å². The third kappa shape index (κ3) is 4.91. The Balaban J connectivity index is 2.57. The van der Waals surface area contributed by atoms with Gasteiger partial charge in [0, 0.05) is 5.75 Å². The molecule has 0 spiro atoms. The summed E-state index contributed by atoms with van der Waals surface area (Å²) in [6, 6.07) is 8.76. The van der Waals surface area contributed by atoms with Gasteiger partial charge in [0.05, 0.1) is 29.2 Å². The number of aliphatic hydroxyl groups is 2. The van der Waals surface area contributed by atoms with E-state index in [1.165, 1.54) is 11.8 Å². The van der Waals surface area contributed by atoms with Crippen LogP contribution in [0.5, 0.6) is 0 Å². The van der Waals surface area contributed by atoms with Crippen molar-refractivity contribution in [1.29, 1.82) is 5.26 Å². The summed E-state index contributed by atoms with van der Waals surface area (Å²) in [4.78, 5) is 11.9. The molecule has 1 amide bonds. The van der Waals surface area contributed by atoms with E-state index in [4.69, 9.17) is 10.4 Å². The molecule has 0 aromatic heterocycles. The first kappa shape index (κ1) is 15.5. The number of carbonyl (C=O) groups excluding carboxylic acids is 1. The minimum atomic E-state index is -0.827. The molecule has 1 rings (SSSR count). The van der Waals surface area contributed by atoms with Crippen molar-refractivity contribution in [2.45, 2.75) is 18.3 Å². The van der Waals surface area contributed by atoms with Crippen LogP contribution in [0.2, 0.25) is 0 Å². The maximum Gasteiger partial charge on any atom is 0.237 e. The molecule has 2 atom stereocenters. The molecule has 0 radical (unpaired) electrons. The van der Waals surface area contributed by atoms with Gasteiger partial charge in [-0.15, -0.1) is 11.8 Å². The van der Waals surface area contributed by atoms with Crippen molar-refractivity contribution in [3.63, 3.8) is 0 Å². The third-order valence-corrected chi connectivity index (χ3v) is 3.72. The Labute approximate surface area is 116 Å². The Morgan fingerprint density at radius 1 is 1.53 bits per heavy atom. The summed E-state index contributed by atoms with van der Waals surface area (Å²) in [5, 5.41) is 29.1. The Hall–Kier alpha value is -1.55. The van der Waals surface area contributed by atoms with Gasteiger partial charge < -0.3 is 15.5 Å². The molecule has 0 unspecified atom stereocenters. The van der Waals surface area contributed by atoms with Crippen molar-refractivity contribution in [3.05, 3.63) is 29.8 Å². The first-order chi connectivity index (χ1) is 9.08. The summed E-state index contributed by atoms with van der Waals surface area (Å²) in [6.45, 7) is 1.39. The van der Waals surface area contributed by atoms with Crippen LogP contribution in [0.25, 0.3) is 0 Å². The van der Waals surface area contributed by atoms with Gasteiger partial charge >= 0.3 is 0 Å². The molecular weight excluding hydrogens is 264 g/mol. The van der Waals surface area contributed by atoms with Gasteiger partial charge in [-0.05, 0) is 19.1 Å². The second-order valence-electron chi connectivity index (χ2n) is 3.96. The zero-order valence-corrected chi connectivity index (χ0v) is 11.4. The number of amides is 1. The fourth-order valence-corrected chi connectivity index (χ4v) is 2.13. The van der Waals surface area contributed by atoms with Crippen LogP contribution < -0.4 is 5.32 Å². The molecule has 0 bridgehead atoms. The number of rotatable bonds is 6. The molecule has 0 saturated heterocycles. The summed E-state index contributed by atoms with van der Waals surface area (Å²) in [7, 11) is 0. The lowest BCUT2D eigenvalue weighted by Gasteiger charge is -2.14. The van der Waals surface area contributed by atoms with E-state index >= 15 is 0 Å². The van der Waals surface area contributed by atoms with Crippen LogP contribution in [0.3, 0.4) is 0 Å². The maximum absolute atomic E-state index is 11.9. The summed E-state index contributed by atoms with van der Waals surface area (Å²) in [5.74, 6) is 0.0446. The van der Waals surface area contributed by atoms with Gasteiger partial charge in [-0.25, -0.2) is 0 Å². The molecule has 0 aliphatic rings. The highest BCUT2D eigenvalue weighted by Gasteiger charge is 2.16. The number of hydrogen-bond acceptors (Lipinski definition) is 5. The lowest BCUT2D eigenvalue weighted by Crippen LogP contribution is -2.25. The molecule has 1 aromatic rings. The van der Waals surface area contributed by atoms with Crippen molar-refractivity contribution >= 4 is 23.4 Å². The number of aliphatic hydroxyl groups excluding tert-OH is 2. The largest absolute Gasteiger partial charge is 0.394 e. The Bertz CT molecular complexity index is 473. The van der Waals surface area contributed by atoms with Gasteiger partial charge in [0.25, 0.3) is 0 Å². The van der Waals surface area contributed by atoms with E-state index < -0.39 is 6.10 Å². The molecule has 1 aromatic carbocycles. The number of benzene rings is 1. The number of nitrogens with one attached hydrogen (secondary N) is 1. The quantitative estimate of drug-likeness (QED) is 0.722. The van der Waals surface area contributed by atoms with Gasteiger partial charge in [-0.3, -0.25) is 4.79 Å². The monoisotopic (exact) mass is 280 g/mol. The minimum Gasteiger partial charge on any atom is -0.394 e. The number of carbonyl (C=O) groups is 1. The first-order valence-electron chi connectivity index (χ1n) is 5.79. The van der Waals surface area contributed by atoms with Crippen molar-refractivity contribution in [1.82, 2.24) is 0 Å². The van der Waals surface area contributed by atoms with Gasteiger partial charge in [0.15, 0.2) is 0 Å².